The van der Waals surface area contributed by atoms with E-state index in [0.29, 0.717) is 25.1 Å². The van der Waals surface area contributed by atoms with Gasteiger partial charge in [0.2, 0.25) is 5.91 Å². The van der Waals surface area contributed by atoms with Crippen molar-refractivity contribution in [2.24, 2.45) is 0 Å². The SMILES string of the molecule is O=C1OC2(CCN(C(=O)C3(c4ccc(N5CCCC5)cc4)CC3)C2)c2ccncc21. The van der Waals surface area contributed by atoms with Crippen molar-refractivity contribution in [1.29, 1.82) is 0 Å². The minimum Gasteiger partial charge on any atom is -0.449 e. The van der Waals surface area contributed by atoms with Crippen LogP contribution in [-0.4, -0.2) is 47.9 Å². The molecule has 2 aromatic rings. The number of anilines is 1. The third-order valence-electron chi connectivity index (χ3n) is 7.39. The van der Waals surface area contributed by atoms with Crippen molar-refractivity contribution in [2.75, 3.05) is 31.1 Å². The molecule has 0 radical (unpaired) electrons. The van der Waals surface area contributed by atoms with Crippen molar-refractivity contribution in [3.8, 4) is 0 Å². The van der Waals surface area contributed by atoms with Crippen molar-refractivity contribution in [2.45, 2.75) is 43.1 Å². The van der Waals surface area contributed by atoms with Gasteiger partial charge in [-0.2, -0.15) is 0 Å². The molecule has 1 saturated carbocycles. The van der Waals surface area contributed by atoms with Gasteiger partial charge in [0, 0.05) is 49.7 Å². The summed E-state index contributed by atoms with van der Waals surface area (Å²) in [4.78, 5) is 34.2. The number of aromatic nitrogens is 1. The monoisotopic (exact) mass is 403 g/mol. The lowest BCUT2D eigenvalue weighted by Crippen LogP contribution is -2.40. The molecule has 6 rings (SSSR count). The zero-order valence-corrected chi connectivity index (χ0v) is 17.0. The van der Waals surface area contributed by atoms with Gasteiger partial charge < -0.3 is 14.5 Å². The third-order valence-corrected chi connectivity index (χ3v) is 7.39. The van der Waals surface area contributed by atoms with Crippen LogP contribution >= 0.6 is 0 Å². The lowest BCUT2D eigenvalue weighted by Gasteiger charge is -2.27. The number of fused-ring (bicyclic) bond motifs is 2. The summed E-state index contributed by atoms with van der Waals surface area (Å²) in [6, 6.07) is 10.5. The molecule has 1 aromatic carbocycles. The Labute approximate surface area is 175 Å². The average molecular weight is 403 g/mol. The van der Waals surface area contributed by atoms with E-state index in [2.05, 4.69) is 34.1 Å². The number of rotatable bonds is 3. The van der Waals surface area contributed by atoms with Crippen molar-refractivity contribution in [3.63, 3.8) is 0 Å². The summed E-state index contributed by atoms with van der Waals surface area (Å²) < 4.78 is 5.79. The minimum absolute atomic E-state index is 0.173. The highest BCUT2D eigenvalue weighted by molar-refractivity contribution is 5.95. The molecule has 6 nitrogen and oxygen atoms in total. The summed E-state index contributed by atoms with van der Waals surface area (Å²) in [5.74, 6) is -0.155. The standard InChI is InChI=1S/C24H25N3O3/c28-21-19-15-25-11-7-20(19)24(30-21)10-14-27(16-24)22(29)23(8-9-23)17-3-5-18(6-4-17)26-12-1-2-13-26/h3-7,11,15H,1-2,8-10,12-14,16H2. The van der Waals surface area contributed by atoms with Crippen molar-refractivity contribution in [3.05, 3.63) is 59.4 Å². The molecule has 2 saturated heterocycles. The van der Waals surface area contributed by atoms with E-state index in [0.717, 1.165) is 37.1 Å². The van der Waals surface area contributed by atoms with E-state index in [-0.39, 0.29) is 11.9 Å². The second-order valence-electron chi connectivity index (χ2n) is 9.10. The number of esters is 1. The van der Waals surface area contributed by atoms with Crippen LogP contribution in [0.25, 0.3) is 0 Å². The summed E-state index contributed by atoms with van der Waals surface area (Å²) in [5.41, 5.74) is 2.66. The summed E-state index contributed by atoms with van der Waals surface area (Å²) >= 11 is 0. The predicted molar refractivity (Wildman–Crippen MR) is 111 cm³/mol. The number of pyridine rings is 1. The van der Waals surface area contributed by atoms with E-state index >= 15 is 0 Å². The molecule has 0 bridgehead atoms. The van der Waals surface area contributed by atoms with E-state index in [4.69, 9.17) is 4.74 Å². The van der Waals surface area contributed by atoms with Gasteiger partial charge in [0.25, 0.3) is 0 Å². The Bertz CT molecular complexity index is 1020. The highest BCUT2D eigenvalue weighted by Gasteiger charge is 2.57. The molecule has 1 unspecified atom stereocenters. The molecule has 3 aliphatic heterocycles. The van der Waals surface area contributed by atoms with Crippen LogP contribution in [0.3, 0.4) is 0 Å². The fraction of sp³-hybridized carbons (Fsp3) is 0.458. The maximum Gasteiger partial charge on any atom is 0.341 e. The lowest BCUT2D eigenvalue weighted by atomic mass is 9.92. The Morgan fingerprint density at radius 3 is 2.50 bits per heavy atom. The van der Waals surface area contributed by atoms with E-state index in [1.165, 1.54) is 18.5 Å². The Morgan fingerprint density at radius 2 is 1.77 bits per heavy atom. The van der Waals surface area contributed by atoms with Crippen LogP contribution in [0.4, 0.5) is 5.69 Å². The Kier molecular flexibility index (Phi) is 3.77. The van der Waals surface area contributed by atoms with E-state index in [1.54, 1.807) is 12.4 Å². The number of benzene rings is 1. The first kappa shape index (κ1) is 17.9. The van der Waals surface area contributed by atoms with Crippen molar-refractivity contribution in [1.82, 2.24) is 9.88 Å². The number of hydrogen-bond acceptors (Lipinski definition) is 5. The smallest absolute Gasteiger partial charge is 0.341 e. The molecule has 3 fully saturated rings. The largest absolute Gasteiger partial charge is 0.449 e. The van der Waals surface area contributed by atoms with Crippen LogP contribution in [0.5, 0.6) is 0 Å². The lowest BCUT2D eigenvalue weighted by molar-refractivity contribution is -0.134. The minimum atomic E-state index is -0.708. The fourth-order valence-electron chi connectivity index (χ4n) is 5.52. The third kappa shape index (κ3) is 2.52. The second kappa shape index (κ2) is 6.30. The van der Waals surface area contributed by atoms with Gasteiger partial charge in [0.15, 0.2) is 5.60 Å². The first-order valence-corrected chi connectivity index (χ1v) is 10.9. The molecule has 1 atom stereocenters. The summed E-state index contributed by atoms with van der Waals surface area (Å²) in [6.07, 6.45) is 8.19. The Balaban J connectivity index is 1.23. The zero-order chi connectivity index (χ0) is 20.3. The quantitative estimate of drug-likeness (QED) is 0.738. The number of ether oxygens (including phenoxy) is 1. The summed E-state index contributed by atoms with van der Waals surface area (Å²) in [5, 5.41) is 0. The van der Waals surface area contributed by atoms with Gasteiger partial charge in [-0.15, -0.1) is 0 Å². The van der Waals surface area contributed by atoms with Gasteiger partial charge in [-0.3, -0.25) is 9.78 Å². The summed E-state index contributed by atoms with van der Waals surface area (Å²) in [6.45, 7) is 3.29. The first-order valence-electron chi connectivity index (χ1n) is 10.9. The number of carbonyl (C=O) groups excluding carboxylic acids is 2. The molecular weight excluding hydrogens is 378 g/mol. The van der Waals surface area contributed by atoms with Crippen LogP contribution in [0, 0.1) is 0 Å². The predicted octanol–water partition coefficient (Wildman–Crippen LogP) is 3.01. The van der Waals surface area contributed by atoms with Crippen LogP contribution in [-0.2, 0) is 20.5 Å². The molecule has 1 aromatic heterocycles. The van der Waals surface area contributed by atoms with Gasteiger partial charge in [-0.1, -0.05) is 12.1 Å². The van der Waals surface area contributed by atoms with Crippen molar-refractivity contribution < 1.29 is 14.3 Å². The maximum absolute atomic E-state index is 13.6. The number of amides is 1. The van der Waals surface area contributed by atoms with Crippen LogP contribution in [0.1, 0.15) is 53.6 Å². The van der Waals surface area contributed by atoms with Gasteiger partial charge in [-0.25, -0.2) is 4.79 Å². The van der Waals surface area contributed by atoms with E-state index < -0.39 is 11.0 Å². The highest BCUT2D eigenvalue weighted by atomic mass is 16.6. The number of nitrogens with zero attached hydrogens (tertiary/aromatic N) is 3. The maximum atomic E-state index is 13.6. The van der Waals surface area contributed by atoms with Crippen LogP contribution < -0.4 is 4.90 Å². The van der Waals surface area contributed by atoms with E-state index in [1.807, 2.05) is 11.0 Å². The molecule has 0 N–H and O–H groups in total. The van der Waals surface area contributed by atoms with Gasteiger partial charge in [0.1, 0.15) is 0 Å². The number of hydrogen-bond donors (Lipinski definition) is 0. The van der Waals surface area contributed by atoms with Gasteiger partial charge >= 0.3 is 5.97 Å². The molecule has 6 heteroatoms. The summed E-state index contributed by atoms with van der Waals surface area (Å²) in [7, 11) is 0. The highest BCUT2D eigenvalue weighted by Crippen LogP contribution is 2.52. The zero-order valence-electron chi connectivity index (χ0n) is 17.0. The first-order chi connectivity index (χ1) is 14.6. The van der Waals surface area contributed by atoms with Gasteiger partial charge in [0.05, 0.1) is 17.5 Å². The number of carbonyl (C=O) groups is 2. The molecular formula is C24H25N3O3. The topological polar surface area (TPSA) is 62.7 Å². The molecule has 1 amide bonds. The normalized spacial score (nSPS) is 26.2. The van der Waals surface area contributed by atoms with Crippen molar-refractivity contribution >= 4 is 17.6 Å². The van der Waals surface area contributed by atoms with Crippen LogP contribution in [0.2, 0.25) is 0 Å². The molecule has 1 spiro atoms. The Morgan fingerprint density at radius 1 is 1.00 bits per heavy atom. The molecule has 4 aliphatic rings. The molecule has 4 heterocycles. The van der Waals surface area contributed by atoms with Crippen LogP contribution in [0.15, 0.2) is 42.7 Å². The fourth-order valence-corrected chi connectivity index (χ4v) is 5.52. The molecule has 1 aliphatic carbocycles. The Hall–Kier alpha value is -2.89. The average Bonchev–Trinajstić information content (AvgIpc) is 3.13. The molecule has 30 heavy (non-hydrogen) atoms. The van der Waals surface area contributed by atoms with Gasteiger partial charge in [-0.05, 0) is 49.4 Å². The molecule has 154 valence electrons. The van der Waals surface area contributed by atoms with E-state index in [9.17, 15) is 9.59 Å². The number of likely N-dealkylation sites (tertiary alicyclic amines) is 1. The second-order valence-corrected chi connectivity index (χ2v) is 9.10.